The number of H-pyrrole nitrogens is 1. The molecule has 0 spiro atoms. The average Bonchev–Trinajstić information content (AvgIpc) is 3.14. The number of para-hydroxylation sites is 1. The van der Waals surface area contributed by atoms with E-state index in [4.69, 9.17) is 16.2 Å². The van der Waals surface area contributed by atoms with E-state index in [1.165, 1.54) is 0 Å². The number of carbonyl (C=O) groups excluding carboxylic acids is 3. The molecule has 0 radical (unpaired) electrons. The summed E-state index contributed by atoms with van der Waals surface area (Å²) in [7, 11) is 0. The van der Waals surface area contributed by atoms with Crippen LogP contribution in [0.15, 0.2) is 60.8 Å². The Hall–Kier alpha value is -3.65. The summed E-state index contributed by atoms with van der Waals surface area (Å²) in [6, 6.07) is 14.6. The molecule has 0 aliphatic carbocycles. The van der Waals surface area contributed by atoms with Gasteiger partial charge in [-0.2, -0.15) is 0 Å². The smallest absolute Gasteiger partial charge is 0.329 e. The zero-order valence-electron chi connectivity index (χ0n) is 16.3. The van der Waals surface area contributed by atoms with Gasteiger partial charge in [-0.15, -0.1) is 0 Å². The van der Waals surface area contributed by atoms with E-state index in [9.17, 15) is 14.4 Å². The van der Waals surface area contributed by atoms with Crippen LogP contribution in [0.4, 0.5) is 0 Å². The first-order valence-electron chi connectivity index (χ1n) is 9.54. The Kier molecular flexibility index (Phi) is 6.82. The fourth-order valence-electron chi connectivity index (χ4n) is 3.13. The second-order valence-electron chi connectivity index (χ2n) is 7.00. The van der Waals surface area contributed by atoms with Crippen LogP contribution in [0, 0.1) is 0 Å². The molecule has 156 valence electrons. The number of nitrogens with one attached hydrogen (secondary N) is 2. The normalized spacial score (nSPS) is 12.8. The molecule has 0 bridgehead atoms. The average molecular weight is 408 g/mol. The first-order chi connectivity index (χ1) is 14.4. The highest BCUT2D eigenvalue weighted by Crippen LogP contribution is 2.18. The van der Waals surface area contributed by atoms with Crippen molar-refractivity contribution in [2.75, 3.05) is 0 Å². The minimum absolute atomic E-state index is 0.0200. The van der Waals surface area contributed by atoms with Crippen molar-refractivity contribution in [2.45, 2.75) is 31.5 Å². The molecule has 6 N–H and O–H groups in total. The molecule has 0 saturated heterocycles. The Morgan fingerprint density at radius 3 is 2.47 bits per heavy atom. The number of rotatable bonds is 9. The highest BCUT2D eigenvalue weighted by molar-refractivity contribution is 5.91. The van der Waals surface area contributed by atoms with Gasteiger partial charge in [-0.05, 0) is 23.6 Å². The number of hydrogen-bond acceptors (Lipinski definition) is 5. The number of hydrogen-bond donors (Lipinski definition) is 4. The van der Waals surface area contributed by atoms with Crippen molar-refractivity contribution in [2.24, 2.45) is 11.5 Å². The fraction of sp³-hybridized carbons (Fsp3) is 0.227. The van der Waals surface area contributed by atoms with Gasteiger partial charge in [-0.25, -0.2) is 4.79 Å². The molecule has 1 heterocycles. The second kappa shape index (κ2) is 9.71. The van der Waals surface area contributed by atoms with Crippen LogP contribution in [0.5, 0.6) is 0 Å². The second-order valence-corrected chi connectivity index (χ2v) is 7.00. The number of amides is 2. The SMILES string of the molecule is NC(=O)C[C@H](NC(=O)[C@@H](N)Cc1c[nH]c2ccccc12)C(=O)OCc1ccccc1. The van der Waals surface area contributed by atoms with E-state index in [0.29, 0.717) is 0 Å². The number of nitrogens with two attached hydrogens (primary N) is 2. The zero-order chi connectivity index (χ0) is 21.5. The van der Waals surface area contributed by atoms with Gasteiger partial charge in [0.25, 0.3) is 0 Å². The van der Waals surface area contributed by atoms with E-state index in [1.807, 2.05) is 42.5 Å². The minimum Gasteiger partial charge on any atom is -0.459 e. The summed E-state index contributed by atoms with van der Waals surface area (Å²) in [5.74, 6) is -2.05. The number of ether oxygens (including phenoxy) is 1. The number of fused-ring (bicyclic) bond motifs is 1. The van der Waals surface area contributed by atoms with Gasteiger partial charge in [0.15, 0.2) is 0 Å². The standard InChI is InChI=1S/C22H24N4O4/c23-17(10-15-12-25-18-9-5-4-8-16(15)18)21(28)26-19(11-20(24)27)22(29)30-13-14-6-2-1-3-7-14/h1-9,12,17,19,25H,10-11,13,23H2,(H2,24,27)(H,26,28)/t17-,19-/m0/s1. The van der Waals surface area contributed by atoms with E-state index in [1.54, 1.807) is 18.3 Å². The summed E-state index contributed by atoms with van der Waals surface area (Å²) in [6.07, 6.45) is 1.68. The van der Waals surface area contributed by atoms with E-state index in [0.717, 1.165) is 22.0 Å². The van der Waals surface area contributed by atoms with E-state index in [2.05, 4.69) is 10.3 Å². The van der Waals surface area contributed by atoms with Crippen LogP contribution in [0.25, 0.3) is 10.9 Å². The zero-order valence-corrected chi connectivity index (χ0v) is 16.3. The summed E-state index contributed by atoms with van der Waals surface area (Å²) in [6.45, 7) is 0.0200. The van der Waals surface area contributed by atoms with Crippen LogP contribution < -0.4 is 16.8 Å². The van der Waals surface area contributed by atoms with E-state index in [-0.39, 0.29) is 19.4 Å². The third-order valence-corrected chi connectivity index (χ3v) is 4.68. The Labute approximate surface area is 173 Å². The van der Waals surface area contributed by atoms with Crippen LogP contribution in [0.2, 0.25) is 0 Å². The lowest BCUT2D eigenvalue weighted by Gasteiger charge is -2.19. The molecule has 8 heteroatoms. The number of aromatic amines is 1. The van der Waals surface area contributed by atoms with Crippen molar-refractivity contribution in [1.82, 2.24) is 10.3 Å². The van der Waals surface area contributed by atoms with Gasteiger partial charge < -0.3 is 26.5 Å². The summed E-state index contributed by atoms with van der Waals surface area (Å²) >= 11 is 0. The summed E-state index contributed by atoms with van der Waals surface area (Å²) < 4.78 is 5.23. The molecule has 30 heavy (non-hydrogen) atoms. The predicted octanol–water partition coefficient (Wildman–Crippen LogP) is 1.14. The van der Waals surface area contributed by atoms with Crippen molar-refractivity contribution in [3.05, 3.63) is 71.9 Å². The number of benzene rings is 2. The molecule has 0 aliphatic rings. The molecule has 2 amide bonds. The third-order valence-electron chi connectivity index (χ3n) is 4.68. The first kappa shape index (κ1) is 21.1. The molecule has 2 aromatic carbocycles. The lowest BCUT2D eigenvalue weighted by atomic mass is 10.0. The molecule has 3 aromatic rings. The molecule has 3 rings (SSSR count). The Bertz CT molecular complexity index is 1030. The molecule has 0 aliphatic heterocycles. The van der Waals surface area contributed by atoms with Crippen LogP contribution in [0.1, 0.15) is 17.5 Å². The fourth-order valence-corrected chi connectivity index (χ4v) is 3.13. The molecule has 2 atom stereocenters. The van der Waals surface area contributed by atoms with Gasteiger partial charge in [0.05, 0.1) is 12.5 Å². The van der Waals surface area contributed by atoms with Gasteiger partial charge in [0.2, 0.25) is 11.8 Å². The van der Waals surface area contributed by atoms with Crippen LogP contribution >= 0.6 is 0 Å². The van der Waals surface area contributed by atoms with Crippen LogP contribution in [-0.2, 0) is 32.1 Å². The van der Waals surface area contributed by atoms with Crippen LogP contribution in [0.3, 0.4) is 0 Å². The highest BCUT2D eigenvalue weighted by atomic mass is 16.5. The Morgan fingerprint density at radius 2 is 1.73 bits per heavy atom. The molecular weight excluding hydrogens is 384 g/mol. The molecule has 0 fully saturated rings. The Morgan fingerprint density at radius 1 is 1.03 bits per heavy atom. The predicted molar refractivity (Wildman–Crippen MR) is 112 cm³/mol. The molecule has 1 aromatic heterocycles. The first-order valence-corrected chi connectivity index (χ1v) is 9.54. The lowest BCUT2D eigenvalue weighted by Crippen LogP contribution is -2.50. The Balaban J connectivity index is 1.62. The van der Waals surface area contributed by atoms with Crippen molar-refractivity contribution in [3.8, 4) is 0 Å². The molecular formula is C22H24N4O4. The van der Waals surface area contributed by atoms with Crippen molar-refractivity contribution in [3.63, 3.8) is 0 Å². The third kappa shape index (κ3) is 5.45. The quantitative estimate of drug-likeness (QED) is 0.393. The topological polar surface area (TPSA) is 140 Å². The largest absolute Gasteiger partial charge is 0.459 e. The highest BCUT2D eigenvalue weighted by Gasteiger charge is 2.27. The van der Waals surface area contributed by atoms with Crippen molar-refractivity contribution >= 4 is 28.7 Å². The van der Waals surface area contributed by atoms with Gasteiger partial charge in [-0.3, -0.25) is 9.59 Å². The van der Waals surface area contributed by atoms with Gasteiger partial charge in [0.1, 0.15) is 12.6 Å². The minimum atomic E-state index is -1.20. The van der Waals surface area contributed by atoms with Gasteiger partial charge >= 0.3 is 5.97 Å². The monoisotopic (exact) mass is 408 g/mol. The summed E-state index contributed by atoms with van der Waals surface area (Å²) in [5.41, 5.74) is 13.9. The van der Waals surface area contributed by atoms with Gasteiger partial charge in [-0.1, -0.05) is 48.5 Å². The molecule has 0 saturated carbocycles. The van der Waals surface area contributed by atoms with Gasteiger partial charge in [0, 0.05) is 17.1 Å². The van der Waals surface area contributed by atoms with Crippen LogP contribution in [-0.4, -0.2) is 34.9 Å². The molecule has 8 nitrogen and oxygen atoms in total. The molecule has 0 unspecified atom stereocenters. The number of aromatic nitrogens is 1. The maximum absolute atomic E-state index is 12.6. The van der Waals surface area contributed by atoms with Crippen molar-refractivity contribution in [1.29, 1.82) is 0 Å². The van der Waals surface area contributed by atoms with E-state index < -0.39 is 29.9 Å². The maximum Gasteiger partial charge on any atom is 0.329 e. The lowest BCUT2D eigenvalue weighted by molar-refractivity contribution is -0.150. The number of primary amides is 1. The summed E-state index contributed by atoms with van der Waals surface area (Å²) in [5, 5.41) is 3.46. The van der Waals surface area contributed by atoms with Crippen molar-refractivity contribution < 1.29 is 19.1 Å². The number of esters is 1. The van der Waals surface area contributed by atoms with E-state index >= 15 is 0 Å². The summed E-state index contributed by atoms with van der Waals surface area (Å²) in [4.78, 5) is 39.5. The number of carbonyl (C=O) groups is 3. The maximum atomic E-state index is 12.6.